The predicted octanol–water partition coefficient (Wildman–Crippen LogP) is 4.26. The maximum atomic E-state index is 12.3. The van der Waals surface area contributed by atoms with Gasteiger partial charge in [-0.15, -0.1) is 0 Å². The third-order valence-electron chi connectivity index (χ3n) is 4.08. The Bertz CT molecular complexity index is 988. The third-order valence-corrected chi connectivity index (χ3v) is 4.38. The van der Waals surface area contributed by atoms with Crippen molar-refractivity contribution in [1.29, 1.82) is 0 Å². The number of benzene rings is 3. The fraction of sp³-hybridized carbons (Fsp3) is 0.143. The number of hydrogen-bond acceptors (Lipinski definition) is 3. The molecule has 0 spiro atoms. The number of ether oxygens (including phenoxy) is 1. The first-order valence-corrected chi connectivity index (χ1v) is 8.85. The topological polar surface area (TPSA) is 67.4 Å². The van der Waals surface area contributed by atoms with Gasteiger partial charge in [0.2, 0.25) is 5.91 Å². The number of carbonyl (C=O) groups excluding carboxylic acids is 2. The summed E-state index contributed by atoms with van der Waals surface area (Å²) in [7, 11) is 1.53. The van der Waals surface area contributed by atoms with Crippen molar-refractivity contribution in [2.24, 2.45) is 0 Å². The molecule has 3 aromatic carbocycles. The summed E-state index contributed by atoms with van der Waals surface area (Å²) < 4.78 is 5.07. The van der Waals surface area contributed by atoms with E-state index in [1.807, 2.05) is 36.4 Å². The number of fused-ring (bicyclic) bond motifs is 1. The van der Waals surface area contributed by atoms with Crippen LogP contribution in [0, 0.1) is 0 Å². The second-order valence-electron chi connectivity index (χ2n) is 5.97. The third kappa shape index (κ3) is 4.77. The molecule has 5 nitrogen and oxygen atoms in total. The van der Waals surface area contributed by atoms with Gasteiger partial charge in [-0.25, -0.2) is 0 Å². The number of anilines is 1. The van der Waals surface area contributed by atoms with E-state index in [0.29, 0.717) is 22.0 Å². The molecule has 0 saturated heterocycles. The average molecular weight is 383 g/mol. The van der Waals surface area contributed by atoms with Gasteiger partial charge in [0.15, 0.2) is 0 Å². The summed E-state index contributed by atoms with van der Waals surface area (Å²) >= 11 is 6.03. The second kappa shape index (κ2) is 8.56. The Labute approximate surface area is 162 Å². The summed E-state index contributed by atoms with van der Waals surface area (Å²) in [5.41, 5.74) is 1.14. The summed E-state index contributed by atoms with van der Waals surface area (Å²) in [5, 5.41) is 8.00. The van der Waals surface area contributed by atoms with Crippen LogP contribution >= 0.6 is 11.6 Å². The predicted molar refractivity (Wildman–Crippen MR) is 108 cm³/mol. The molecule has 0 atom stereocenters. The van der Waals surface area contributed by atoms with Gasteiger partial charge in [-0.3, -0.25) is 9.59 Å². The summed E-state index contributed by atoms with van der Waals surface area (Å²) in [6, 6.07) is 18.4. The molecule has 3 aromatic rings. The average Bonchev–Trinajstić information content (AvgIpc) is 2.67. The molecule has 3 rings (SSSR count). The molecule has 138 valence electrons. The number of hydrogen-bond donors (Lipinski definition) is 2. The molecule has 2 N–H and O–H groups in total. The van der Waals surface area contributed by atoms with Crippen molar-refractivity contribution in [3.63, 3.8) is 0 Å². The molecule has 0 aliphatic carbocycles. The van der Waals surface area contributed by atoms with Crippen LogP contribution in [-0.4, -0.2) is 25.5 Å². The van der Waals surface area contributed by atoms with Gasteiger partial charge in [0.25, 0.3) is 5.91 Å². The smallest absolute Gasteiger partial charge is 0.251 e. The van der Waals surface area contributed by atoms with E-state index in [2.05, 4.69) is 10.6 Å². The van der Waals surface area contributed by atoms with Crippen molar-refractivity contribution >= 4 is 39.9 Å². The van der Waals surface area contributed by atoms with Gasteiger partial charge in [-0.2, -0.15) is 0 Å². The highest BCUT2D eigenvalue weighted by atomic mass is 35.5. The SMILES string of the molecule is COc1ccc(NC(=O)CCNC(=O)c2ccc3ccccc3c2)cc1Cl. The van der Waals surface area contributed by atoms with E-state index in [1.165, 1.54) is 7.11 Å². The van der Waals surface area contributed by atoms with E-state index in [0.717, 1.165) is 10.8 Å². The van der Waals surface area contributed by atoms with Gasteiger partial charge in [-0.05, 0) is 41.1 Å². The Hall–Kier alpha value is -3.05. The number of rotatable bonds is 6. The van der Waals surface area contributed by atoms with Gasteiger partial charge in [-0.1, -0.05) is 41.9 Å². The largest absolute Gasteiger partial charge is 0.495 e. The zero-order valence-corrected chi connectivity index (χ0v) is 15.5. The molecular formula is C21H19ClN2O3. The number of methoxy groups -OCH3 is 1. The zero-order valence-electron chi connectivity index (χ0n) is 14.8. The van der Waals surface area contributed by atoms with Crippen LogP contribution in [0.5, 0.6) is 5.75 Å². The monoisotopic (exact) mass is 382 g/mol. The highest BCUT2D eigenvalue weighted by molar-refractivity contribution is 6.32. The summed E-state index contributed by atoms with van der Waals surface area (Å²) in [5.74, 6) is 0.119. The molecule has 0 radical (unpaired) electrons. The van der Waals surface area contributed by atoms with Crippen LogP contribution in [0.4, 0.5) is 5.69 Å². The first-order valence-electron chi connectivity index (χ1n) is 8.47. The Morgan fingerprint density at radius 3 is 2.52 bits per heavy atom. The van der Waals surface area contributed by atoms with Crippen molar-refractivity contribution in [2.75, 3.05) is 19.0 Å². The second-order valence-corrected chi connectivity index (χ2v) is 6.37. The number of amides is 2. The van der Waals surface area contributed by atoms with E-state index in [1.54, 1.807) is 24.3 Å². The fourth-order valence-electron chi connectivity index (χ4n) is 2.69. The first-order chi connectivity index (χ1) is 13.1. The Morgan fingerprint density at radius 1 is 1.00 bits per heavy atom. The quantitative estimate of drug-likeness (QED) is 0.669. The van der Waals surface area contributed by atoms with E-state index in [9.17, 15) is 9.59 Å². The lowest BCUT2D eigenvalue weighted by atomic mass is 10.1. The maximum absolute atomic E-state index is 12.3. The normalized spacial score (nSPS) is 10.4. The van der Waals surface area contributed by atoms with Crippen molar-refractivity contribution in [3.05, 3.63) is 71.2 Å². The molecule has 2 amide bonds. The molecule has 6 heteroatoms. The van der Waals surface area contributed by atoms with Crippen LogP contribution in [-0.2, 0) is 4.79 Å². The number of nitrogens with one attached hydrogen (secondary N) is 2. The Morgan fingerprint density at radius 2 is 1.78 bits per heavy atom. The molecule has 0 bridgehead atoms. The molecule has 0 heterocycles. The lowest BCUT2D eigenvalue weighted by molar-refractivity contribution is -0.116. The van der Waals surface area contributed by atoms with Crippen LogP contribution in [0.3, 0.4) is 0 Å². The minimum Gasteiger partial charge on any atom is -0.495 e. The molecular weight excluding hydrogens is 364 g/mol. The van der Waals surface area contributed by atoms with Crippen LogP contribution in [0.2, 0.25) is 5.02 Å². The van der Waals surface area contributed by atoms with Gasteiger partial charge in [0.05, 0.1) is 12.1 Å². The Kier molecular flexibility index (Phi) is 5.94. The van der Waals surface area contributed by atoms with E-state index < -0.39 is 0 Å². The van der Waals surface area contributed by atoms with Gasteiger partial charge >= 0.3 is 0 Å². The summed E-state index contributed by atoms with van der Waals surface area (Å²) in [6.07, 6.45) is 0.156. The highest BCUT2D eigenvalue weighted by Gasteiger charge is 2.09. The van der Waals surface area contributed by atoms with Crippen LogP contribution in [0.1, 0.15) is 16.8 Å². The first kappa shape index (κ1) is 18.7. The van der Waals surface area contributed by atoms with Crippen molar-refractivity contribution in [3.8, 4) is 5.75 Å². The Balaban J connectivity index is 1.51. The fourth-order valence-corrected chi connectivity index (χ4v) is 2.95. The summed E-state index contributed by atoms with van der Waals surface area (Å²) in [4.78, 5) is 24.3. The molecule has 0 unspecified atom stereocenters. The minimum absolute atomic E-state index is 0.156. The maximum Gasteiger partial charge on any atom is 0.251 e. The van der Waals surface area contributed by atoms with Crippen molar-refractivity contribution in [1.82, 2.24) is 5.32 Å². The molecule has 0 aromatic heterocycles. The molecule has 0 fully saturated rings. The molecule has 0 aliphatic heterocycles. The number of carbonyl (C=O) groups is 2. The molecule has 27 heavy (non-hydrogen) atoms. The molecule has 0 aliphatic rings. The van der Waals surface area contributed by atoms with E-state index >= 15 is 0 Å². The lowest BCUT2D eigenvalue weighted by Gasteiger charge is -2.09. The van der Waals surface area contributed by atoms with Gasteiger partial charge < -0.3 is 15.4 Å². The van der Waals surface area contributed by atoms with Gasteiger partial charge in [0, 0.05) is 24.2 Å². The van der Waals surface area contributed by atoms with E-state index in [4.69, 9.17) is 16.3 Å². The molecule has 0 saturated carbocycles. The summed E-state index contributed by atoms with van der Waals surface area (Å²) in [6.45, 7) is 0.237. The number of halogens is 1. The minimum atomic E-state index is -0.213. The van der Waals surface area contributed by atoms with E-state index in [-0.39, 0.29) is 24.8 Å². The lowest BCUT2D eigenvalue weighted by Crippen LogP contribution is -2.27. The van der Waals surface area contributed by atoms with Crippen LogP contribution < -0.4 is 15.4 Å². The van der Waals surface area contributed by atoms with Crippen LogP contribution in [0.25, 0.3) is 10.8 Å². The van der Waals surface area contributed by atoms with Gasteiger partial charge in [0.1, 0.15) is 5.75 Å². The standard InChI is InChI=1S/C21H19ClN2O3/c1-27-19-9-8-17(13-18(19)22)24-20(25)10-11-23-21(26)16-7-6-14-4-2-3-5-15(14)12-16/h2-9,12-13H,10-11H2,1H3,(H,23,26)(H,24,25). The van der Waals surface area contributed by atoms with Crippen molar-refractivity contribution < 1.29 is 14.3 Å². The van der Waals surface area contributed by atoms with Crippen molar-refractivity contribution in [2.45, 2.75) is 6.42 Å². The highest BCUT2D eigenvalue weighted by Crippen LogP contribution is 2.27. The zero-order chi connectivity index (χ0) is 19.2. The van der Waals surface area contributed by atoms with Crippen LogP contribution in [0.15, 0.2) is 60.7 Å².